The fourth-order valence-corrected chi connectivity index (χ4v) is 5.53. The van der Waals surface area contributed by atoms with Gasteiger partial charge in [0.05, 0.1) is 12.7 Å². The summed E-state index contributed by atoms with van der Waals surface area (Å²) in [5, 5.41) is 0. The Morgan fingerprint density at radius 2 is 1.42 bits per heavy atom. The van der Waals surface area contributed by atoms with Gasteiger partial charge in [0.25, 0.3) is 0 Å². The van der Waals surface area contributed by atoms with Crippen LogP contribution in [-0.2, 0) is 11.2 Å². The molecule has 1 aliphatic rings. The highest BCUT2D eigenvalue weighted by atomic mass is 19.2. The summed E-state index contributed by atoms with van der Waals surface area (Å²) in [4.78, 5) is 0. The van der Waals surface area contributed by atoms with Gasteiger partial charge < -0.3 is 4.74 Å². The second-order valence-electron chi connectivity index (χ2n) is 10.7. The van der Waals surface area contributed by atoms with Gasteiger partial charge in [-0.05, 0) is 66.0 Å². The predicted molar refractivity (Wildman–Crippen MR) is 151 cm³/mol. The number of benzene rings is 3. The molecular formula is C34H41F3O. The van der Waals surface area contributed by atoms with Gasteiger partial charge in [0.1, 0.15) is 5.82 Å². The van der Waals surface area contributed by atoms with E-state index in [1.807, 2.05) is 24.3 Å². The first-order valence-corrected chi connectivity index (χ1v) is 14.5. The molecule has 0 radical (unpaired) electrons. The average molecular weight is 523 g/mol. The van der Waals surface area contributed by atoms with Crippen LogP contribution in [0.1, 0.15) is 95.1 Å². The van der Waals surface area contributed by atoms with Crippen molar-refractivity contribution in [1.29, 1.82) is 0 Å². The molecule has 0 N–H and O–H groups in total. The molecule has 1 aliphatic heterocycles. The third-order valence-corrected chi connectivity index (χ3v) is 7.93. The van der Waals surface area contributed by atoms with Gasteiger partial charge in [0.15, 0.2) is 11.6 Å². The SMILES string of the molecule is CCCCCCc1ccc(-c2ccc(-c3ccc(C4CCC(CCCCC)OC4)c(F)c3)cc2)c(F)c1F. The molecule has 204 valence electrons. The van der Waals surface area contributed by atoms with Crippen LogP contribution in [0.3, 0.4) is 0 Å². The quantitative estimate of drug-likeness (QED) is 0.215. The lowest BCUT2D eigenvalue weighted by Gasteiger charge is -2.29. The molecule has 0 aliphatic carbocycles. The summed E-state index contributed by atoms with van der Waals surface area (Å²) >= 11 is 0. The second kappa shape index (κ2) is 14.0. The Morgan fingerprint density at radius 1 is 0.711 bits per heavy atom. The number of rotatable bonds is 12. The van der Waals surface area contributed by atoms with E-state index in [0.29, 0.717) is 35.8 Å². The van der Waals surface area contributed by atoms with E-state index in [1.165, 1.54) is 19.3 Å². The maximum atomic E-state index is 15.1. The molecule has 1 fully saturated rings. The molecule has 1 saturated heterocycles. The Labute approximate surface area is 226 Å². The number of halogens is 3. The highest BCUT2D eigenvalue weighted by molar-refractivity contribution is 5.71. The van der Waals surface area contributed by atoms with E-state index < -0.39 is 11.6 Å². The Balaban J connectivity index is 1.41. The van der Waals surface area contributed by atoms with Crippen molar-refractivity contribution in [2.24, 2.45) is 0 Å². The first-order valence-electron chi connectivity index (χ1n) is 14.5. The van der Waals surface area contributed by atoms with Gasteiger partial charge in [-0.25, -0.2) is 13.2 Å². The van der Waals surface area contributed by atoms with E-state index in [0.717, 1.165) is 56.1 Å². The molecule has 3 aromatic carbocycles. The van der Waals surface area contributed by atoms with Crippen molar-refractivity contribution in [1.82, 2.24) is 0 Å². The van der Waals surface area contributed by atoms with Crippen LogP contribution in [0.25, 0.3) is 22.3 Å². The monoisotopic (exact) mass is 522 g/mol. The third-order valence-electron chi connectivity index (χ3n) is 7.93. The molecule has 0 spiro atoms. The van der Waals surface area contributed by atoms with Crippen LogP contribution in [0.5, 0.6) is 0 Å². The lowest BCUT2D eigenvalue weighted by Crippen LogP contribution is -2.25. The van der Waals surface area contributed by atoms with Gasteiger partial charge in [-0.2, -0.15) is 0 Å². The minimum atomic E-state index is -0.802. The normalized spacial score (nSPS) is 17.6. The van der Waals surface area contributed by atoms with E-state index in [2.05, 4.69) is 13.8 Å². The maximum absolute atomic E-state index is 15.1. The molecule has 1 nitrogen and oxygen atoms in total. The molecule has 2 unspecified atom stereocenters. The topological polar surface area (TPSA) is 9.23 Å². The largest absolute Gasteiger partial charge is 0.378 e. The van der Waals surface area contributed by atoms with Crippen molar-refractivity contribution < 1.29 is 17.9 Å². The fraction of sp³-hybridized carbons (Fsp3) is 0.471. The zero-order chi connectivity index (χ0) is 26.9. The summed E-state index contributed by atoms with van der Waals surface area (Å²) in [7, 11) is 0. The molecule has 38 heavy (non-hydrogen) atoms. The van der Waals surface area contributed by atoms with Crippen LogP contribution in [0, 0.1) is 17.5 Å². The van der Waals surface area contributed by atoms with E-state index in [1.54, 1.807) is 30.3 Å². The number of aryl methyl sites for hydroxylation is 1. The van der Waals surface area contributed by atoms with Crippen molar-refractivity contribution in [3.63, 3.8) is 0 Å². The summed E-state index contributed by atoms with van der Waals surface area (Å²) in [6, 6.07) is 16.0. The van der Waals surface area contributed by atoms with Gasteiger partial charge in [0, 0.05) is 11.5 Å². The second-order valence-corrected chi connectivity index (χ2v) is 10.7. The fourth-order valence-electron chi connectivity index (χ4n) is 5.53. The molecule has 0 aromatic heterocycles. The van der Waals surface area contributed by atoms with Crippen LogP contribution in [0.4, 0.5) is 13.2 Å². The molecular weight excluding hydrogens is 481 g/mol. The Kier molecular flexibility index (Phi) is 10.5. The Hall–Kier alpha value is -2.59. The van der Waals surface area contributed by atoms with Gasteiger partial charge in [-0.3, -0.25) is 0 Å². The first kappa shape index (κ1) is 28.4. The molecule has 1 heterocycles. The molecule has 4 heteroatoms. The summed E-state index contributed by atoms with van der Waals surface area (Å²) in [6.45, 7) is 4.90. The zero-order valence-corrected chi connectivity index (χ0v) is 22.9. The van der Waals surface area contributed by atoms with Gasteiger partial charge in [0.2, 0.25) is 0 Å². The van der Waals surface area contributed by atoms with Crippen molar-refractivity contribution >= 4 is 0 Å². The number of ether oxygens (including phenoxy) is 1. The molecule has 2 atom stereocenters. The summed E-state index contributed by atoms with van der Waals surface area (Å²) < 4.78 is 50.8. The molecule has 0 saturated carbocycles. The van der Waals surface area contributed by atoms with E-state index in [9.17, 15) is 8.78 Å². The first-order chi connectivity index (χ1) is 18.5. The van der Waals surface area contributed by atoms with Gasteiger partial charge in [-0.15, -0.1) is 0 Å². The van der Waals surface area contributed by atoms with E-state index in [4.69, 9.17) is 4.74 Å². The van der Waals surface area contributed by atoms with E-state index in [-0.39, 0.29) is 17.3 Å². The zero-order valence-electron chi connectivity index (χ0n) is 22.9. The minimum Gasteiger partial charge on any atom is -0.378 e. The highest BCUT2D eigenvalue weighted by Gasteiger charge is 2.25. The van der Waals surface area contributed by atoms with Crippen molar-refractivity contribution in [3.8, 4) is 22.3 Å². The lowest BCUT2D eigenvalue weighted by atomic mass is 9.88. The molecule has 0 bridgehead atoms. The number of hydrogen-bond acceptors (Lipinski definition) is 1. The van der Waals surface area contributed by atoms with Gasteiger partial charge >= 0.3 is 0 Å². The van der Waals surface area contributed by atoms with Crippen LogP contribution >= 0.6 is 0 Å². The van der Waals surface area contributed by atoms with Crippen LogP contribution < -0.4 is 0 Å². The third kappa shape index (κ3) is 7.08. The van der Waals surface area contributed by atoms with Crippen molar-refractivity contribution in [3.05, 3.63) is 83.2 Å². The van der Waals surface area contributed by atoms with Crippen LogP contribution in [0.15, 0.2) is 54.6 Å². The molecule has 4 rings (SSSR count). The summed E-state index contributed by atoms with van der Waals surface area (Å²) in [5.41, 5.74) is 3.60. The van der Waals surface area contributed by atoms with Crippen molar-refractivity contribution in [2.45, 2.75) is 96.5 Å². The average Bonchev–Trinajstić information content (AvgIpc) is 2.94. The Morgan fingerprint density at radius 3 is 2.11 bits per heavy atom. The predicted octanol–water partition coefficient (Wildman–Crippen LogP) is 10.4. The smallest absolute Gasteiger partial charge is 0.166 e. The minimum absolute atomic E-state index is 0.0846. The Bertz CT molecular complexity index is 1160. The maximum Gasteiger partial charge on any atom is 0.166 e. The standard InChI is InChI=1S/C34H41F3O/c1-3-5-7-9-10-26-17-21-31(34(37)33(26)36)25-14-12-24(13-15-25)27-18-20-30(32(35)22-27)28-16-19-29(38-23-28)11-8-6-4-2/h12-15,17-18,20-22,28-29H,3-11,16,19,23H2,1-2H3. The number of unbranched alkanes of at least 4 members (excludes halogenated alkanes) is 5. The van der Waals surface area contributed by atoms with Crippen molar-refractivity contribution in [2.75, 3.05) is 6.61 Å². The van der Waals surface area contributed by atoms with Crippen LogP contribution in [0.2, 0.25) is 0 Å². The van der Waals surface area contributed by atoms with Crippen LogP contribution in [-0.4, -0.2) is 12.7 Å². The number of hydrogen-bond donors (Lipinski definition) is 0. The lowest BCUT2D eigenvalue weighted by molar-refractivity contribution is -0.00267. The summed E-state index contributed by atoms with van der Waals surface area (Å²) in [5.74, 6) is -1.68. The molecule has 3 aromatic rings. The highest BCUT2D eigenvalue weighted by Crippen LogP contribution is 2.34. The molecule has 0 amide bonds. The van der Waals surface area contributed by atoms with Gasteiger partial charge in [-0.1, -0.05) is 101 Å². The summed E-state index contributed by atoms with van der Waals surface area (Å²) in [6.07, 6.45) is 11.6. The van der Waals surface area contributed by atoms with E-state index >= 15 is 4.39 Å².